The Morgan fingerprint density at radius 1 is 1.35 bits per heavy atom. The van der Waals surface area contributed by atoms with Gasteiger partial charge in [0.05, 0.1) is 12.5 Å². The zero-order valence-corrected chi connectivity index (χ0v) is 10.0. The van der Waals surface area contributed by atoms with Gasteiger partial charge in [0.2, 0.25) is 0 Å². The number of anilines is 1. The Morgan fingerprint density at radius 2 is 2.29 bits per heavy atom. The fourth-order valence-corrected chi connectivity index (χ4v) is 1.61. The lowest BCUT2D eigenvalue weighted by Gasteiger charge is -2.05. The molecule has 0 radical (unpaired) electrons. The van der Waals surface area contributed by atoms with Gasteiger partial charge in [-0.15, -0.1) is 5.10 Å². The highest BCUT2D eigenvalue weighted by atomic mass is 15.2. The summed E-state index contributed by atoms with van der Waals surface area (Å²) < 4.78 is 2.09. The van der Waals surface area contributed by atoms with Gasteiger partial charge < -0.3 is 9.88 Å². The van der Waals surface area contributed by atoms with Crippen molar-refractivity contribution in [3.05, 3.63) is 36.5 Å². The molecule has 5 heteroatoms. The lowest BCUT2D eigenvalue weighted by atomic mass is 10.3. The van der Waals surface area contributed by atoms with Crippen molar-refractivity contribution in [3.8, 4) is 0 Å². The first kappa shape index (κ1) is 11.6. The maximum Gasteiger partial charge on any atom is 0.148 e. The van der Waals surface area contributed by atoms with Crippen LogP contribution in [0.25, 0.3) is 0 Å². The number of aromatic nitrogens is 4. The second-order valence-corrected chi connectivity index (χ2v) is 4.05. The summed E-state index contributed by atoms with van der Waals surface area (Å²) in [6.45, 7) is 3.95. The molecule has 2 aromatic rings. The van der Waals surface area contributed by atoms with Crippen molar-refractivity contribution >= 4 is 5.82 Å². The van der Waals surface area contributed by atoms with E-state index >= 15 is 0 Å². The molecule has 0 fully saturated rings. The Balaban J connectivity index is 1.63. The second-order valence-electron chi connectivity index (χ2n) is 4.05. The van der Waals surface area contributed by atoms with E-state index in [9.17, 15) is 0 Å². The lowest BCUT2D eigenvalue weighted by molar-refractivity contribution is 0.620. The Hall–Kier alpha value is -1.91. The van der Waals surface area contributed by atoms with Crippen LogP contribution in [0.4, 0.5) is 5.82 Å². The molecule has 0 spiro atoms. The molecule has 2 aromatic heterocycles. The summed E-state index contributed by atoms with van der Waals surface area (Å²) in [6.07, 6.45) is 9.63. The Kier molecular flexibility index (Phi) is 4.07. The molecule has 0 aromatic carbocycles. The van der Waals surface area contributed by atoms with Gasteiger partial charge in [-0.05, 0) is 31.4 Å². The zero-order valence-electron chi connectivity index (χ0n) is 10.0. The van der Waals surface area contributed by atoms with Crippen LogP contribution in [0.2, 0.25) is 0 Å². The zero-order chi connectivity index (χ0) is 11.9. The molecule has 0 aliphatic heterocycles. The predicted molar refractivity (Wildman–Crippen MR) is 66.7 cm³/mol. The van der Waals surface area contributed by atoms with Crippen molar-refractivity contribution in [1.29, 1.82) is 0 Å². The van der Waals surface area contributed by atoms with Gasteiger partial charge in [0.1, 0.15) is 5.82 Å². The van der Waals surface area contributed by atoms with Crippen molar-refractivity contribution < 1.29 is 0 Å². The van der Waals surface area contributed by atoms with Crippen LogP contribution in [0.3, 0.4) is 0 Å². The summed E-state index contributed by atoms with van der Waals surface area (Å²) >= 11 is 0. The van der Waals surface area contributed by atoms with Gasteiger partial charge in [-0.3, -0.25) is 0 Å². The minimum Gasteiger partial charge on any atom is -0.369 e. The first-order valence-electron chi connectivity index (χ1n) is 5.83. The minimum absolute atomic E-state index is 0.854. The number of hydrogen-bond donors (Lipinski definition) is 1. The topological polar surface area (TPSA) is 55.6 Å². The number of hydrogen-bond acceptors (Lipinski definition) is 4. The third kappa shape index (κ3) is 3.86. The molecular formula is C12H17N5. The summed E-state index contributed by atoms with van der Waals surface area (Å²) in [7, 11) is 0. The first-order valence-corrected chi connectivity index (χ1v) is 5.83. The van der Waals surface area contributed by atoms with E-state index < -0.39 is 0 Å². The number of nitrogens with one attached hydrogen (secondary N) is 1. The van der Waals surface area contributed by atoms with Gasteiger partial charge in [0.15, 0.2) is 0 Å². The lowest BCUT2D eigenvalue weighted by Crippen LogP contribution is -2.05. The summed E-state index contributed by atoms with van der Waals surface area (Å²) in [6, 6.07) is 2.00. The van der Waals surface area contributed by atoms with E-state index in [1.807, 2.05) is 25.5 Å². The van der Waals surface area contributed by atoms with Crippen LogP contribution in [-0.4, -0.2) is 26.3 Å². The van der Waals surface area contributed by atoms with Gasteiger partial charge in [0, 0.05) is 25.5 Å². The molecule has 0 amide bonds. The molecule has 0 saturated carbocycles. The highest BCUT2D eigenvalue weighted by Crippen LogP contribution is 2.03. The van der Waals surface area contributed by atoms with Crippen LogP contribution in [0.15, 0.2) is 31.0 Å². The van der Waals surface area contributed by atoms with Crippen molar-refractivity contribution in [3.63, 3.8) is 0 Å². The summed E-state index contributed by atoms with van der Waals surface area (Å²) in [5, 5.41) is 11.2. The van der Waals surface area contributed by atoms with Gasteiger partial charge in [-0.1, -0.05) is 0 Å². The molecular weight excluding hydrogens is 214 g/mol. The van der Waals surface area contributed by atoms with E-state index in [2.05, 4.69) is 25.1 Å². The minimum atomic E-state index is 0.854. The van der Waals surface area contributed by atoms with E-state index in [0.29, 0.717) is 0 Å². The summed E-state index contributed by atoms with van der Waals surface area (Å²) in [4.78, 5) is 4.01. The molecule has 5 nitrogen and oxygen atoms in total. The SMILES string of the molecule is Cc1cnnc(NCCCCn2ccnc2)c1. The molecule has 2 heterocycles. The van der Waals surface area contributed by atoms with Crippen LogP contribution < -0.4 is 5.32 Å². The van der Waals surface area contributed by atoms with Crippen LogP contribution in [-0.2, 0) is 6.54 Å². The Morgan fingerprint density at radius 3 is 3.06 bits per heavy atom. The van der Waals surface area contributed by atoms with Crippen LogP contribution in [0.5, 0.6) is 0 Å². The fraction of sp³-hybridized carbons (Fsp3) is 0.417. The molecule has 0 aliphatic rings. The molecule has 17 heavy (non-hydrogen) atoms. The molecule has 0 atom stereocenters. The van der Waals surface area contributed by atoms with Crippen LogP contribution >= 0.6 is 0 Å². The molecule has 0 bridgehead atoms. The number of imidazole rings is 1. The van der Waals surface area contributed by atoms with Crippen LogP contribution in [0.1, 0.15) is 18.4 Å². The average molecular weight is 231 g/mol. The number of unbranched alkanes of at least 4 members (excludes halogenated alkanes) is 1. The third-order valence-corrected chi connectivity index (χ3v) is 2.50. The first-order chi connectivity index (χ1) is 8.34. The quantitative estimate of drug-likeness (QED) is 0.771. The largest absolute Gasteiger partial charge is 0.369 e. The van der Waals surface area contributed by atoms with Crippen LogP contribution in [0, 0.1) is 6.92 Å². The van der Waals surface area contributed by atoms with E-state index in [-0.39, 0.29) is 0 Å². The van der Waals surface area contributed by atoms with Gasteiger partial charge in [-0.25, -0.2) is 4.98 Å². The van der Waals surface area contributed by atoms with Gasteiger partial charge >= 0.3 is 0 Å². The van der Waals surface area contributed by atoms with Crippen molar-refractivity contribution in [2.75, 3.05) is 11.9 Å². The van der Waals surface area contributed by atoms with Crippen molar-refractivity contribution in [2.45, 2.75) is 26.3 Å². The highest BCUT2D eigenvalue weighted by Gasteiger charge is 1.95. The van der Waals surface area contributed by atoms with Crippen molar-refractivity contribution in [2.24, 2.45) is 0 Å². The molecule has 0 aliphatic carbocycles. The van der Waals surface area contributed by atoms with E-state index in [4.69, 9.17) is 0 Å². The third-order valence-electron chi connectivity index (χ3n) is 2.50. The van der Waals surface area contributed by atoms with Crippen molar-refractivity contribution in [1.82, 2.24) is 19.7 Å². The van der Waals surface area contributed by atoms with Gasteiger partial charge in [-0.2, -0.15) is 5.10 Å². The normalized spacial score (nSPS) is 10.4. The molecule has 90 valence electrons. The fourth-order valence-electron chi connectivity index (χ4n) is 1.61. The van der Waals surface area contributed by atoms with Gasteiger partial charge in [0.25, 0.3) is 0 Å². The number of aryl methyl sites for hydroxylation is 2. The molecule has 0 saturated heterocycles. The summed E-state index contributed by atoms with van der Waals surface area (Å²) in [5.74, 6) is 0.854. The predicted octanol–water partition coefficient (Wildman–Crippen LogP) is 1.87. The smallest absolute Gasteiger partial charge is 0.148 e. The maximum absolute atomic E-state index is 4.01. The standard InChI is InChI=1S/C12H17N5/c1-11-8-12(16-15-9-11)14-4-2-3-6-17-7-5-13-10-17/h5,7-10H,2-4,6H2,1H3,(H,14,16). The number of rotatable bonds is 6. The molecule has 0 unspecified atom stereocenters. The Bertz CT molecular complexity index is 438. The molecule has 1 N–H and O–H groups in total. The number of nitrogens with zero attached hydrogens (tertiary/aromatic N) is 4. The maximum atomic E-state index is 4.01. The highest BCUT2D eigenvalue weighted by molar-refractivity contribution is 5.34. The Labute approximate surface area is 101 Å². The van der Waals surface area contributed by atoms with E-state index in [0.717, 1.165) is 37.3 Å². The van der Waals surface area contributed by atoms with E-state index in [1.54, 1.807) is 12.4 Å². The molecule has 2 rings (SSSR count). The average Bonchev–Trinajstić information content (AvgIpc) is 2.82. The summed E-state index contributed by atoms with van der Waals surface area (Å²) in [5.41, 5.74) is 1.13. The second kappa shape index (κ2) is 5.98. The monoisotopic (exact) mass is 231 g/mol. The van der Waals surface area contributed by atoms with E-state index in [1.165, 1.54) is 0 Å².